The van der Waals surface area contributed by atoms with Gasteiger partial charge in [0.15, 0.2) is 6.39 Å². The summed E-state index contributed by atoms with van der Waals surface area (Å²) >= 11 is 0. The summed E-state index contributed by atoms with van der Waals surface area (Å²) in [5.41, 5.74) is 4.58. The van der Waals surface area contributed by atoms with E-state index in [2.05, 4.69) is 18.8 Å². The van der Waals surface area contributed by atoms with Crippen LogP contribution in [0.5, 0.6) is 23.0 Å². The van der Waals surface area contributed by atoms with Crippen molar-refractivity contribution < 1.29 is 33.3 Å². The number of hydrogen-bond acceptors (Lipinski definition) is 8. The highest BCUT2D eigenvalue weighted by atomic mass is 16.5. The summed E-state index contributed by atoms with van der Waals surface area (Å²) in [4.78, 5) is 16.3. The molecule has 0 spiro atoms. The number of phenolic OH excluding ortho intramolecular Hbond substituents is 1. The Hall–Kier alpha value is -4.30. The van der Waals surface area contributed by atoms with Gasteiger partial charge in [-0.15, -0.1) is 0 Å². The zero-order chi connectivity index (χ0) is 28.3. The molecule has 8 nitrogen and oxygen atoms in total. The van der Waals surface area contributed by atoms with Crippen molar-refractivity contribution >= 4 is 5.97 Å². The van der Waals surface area contributed by atoms with Gasteiger partial charge in [0.05, 0.1) is 26.9 Å². The molecular weight excluding hydrogens is 510 g/mol. The van der Waals surface area contributed by atoms with Crippen LogP contribution in [0, 0.1) is 0 Å². The minimum absolute atomic E-state index is 0.146. The maximum Gasteiger partial charge on any atom is 0.341 e. The number of aryl methyl sites for hydroxylation is 1. The van der Waals surface area contributed by atoms with Gasteiger partial charge in [-0.1, -0.05) is 38.5 Å². The summed E-state index contributed by atoms with van der Waals surface area (Å²) in [6.45, 7) is 5.52. The van der Waals surface area contributed by atoms with Crippen LogP contribution in [0.15, 0.2) is 71.7 Å². The molecule has 4 rings (SSSR count). The van der Waals surface area contributed by atoms with Gasteiger partial charge in [0.25, 0.3) is 0 Å². The summed E-state index contributed by atoms with van der Waals surface area (Å²) in [5.74, 6) is 1.52. The van der Waals surface area contributed by atoms with E-state index >= 15 is 0 Å². The van der Waals surface area contributed by atoms with Gasteiger partial charge in [-0.3, -0.25) is 0 Å². The van der Waals surface area contributed by atoms with Crippen LogP contribution in [-0.2, 0) is 28.9 Å². The molecule has 8 heteroatoms. The molecule has 0 atom stereocenters. The number of rotatable bonds is 14. The number of oxazole rings is 1. The quantitative estimate of drug-likeness (QED) is 0.132. The largest absolute Gasteiger partial charge is 0.507 e. The molecule has 1 heterocycles. The molecule has 0 aliphatic heterocycles. The maximum absolute atomic E-state index is 12.2. The van der Waals surface area contributed by atoms with Gasteiger partial charge in [0.1, 0.15) is 40.5 Å². The van der Waals surface area contributed by atoms with Crippen molar-refractivity contribution in [2.45, 2.75) is 46.1 Å². The van der Waals surface area contributed by atoms with E-state index in [9.17, 15) is 9.90 Å². The van der Waals surface area contributed by atoms with E-state index in [0.717, 1.165) is 41.7 Å². The van der Waals surface area contributed by atoms with Gasteiger partial charge in [-0.25, -0.2) is 9.78 Å². The lowest BCUT2D eigenvalue weighted by molar-refractivity contribution is 0.0598. The van der Waals surface area contributed by atoms with Crippen LogP contribution in [0.4, 0.5) is 0 Å². The number of phenols is 1. The lowest BCUT2D eigenvalue weighted by Gasteiger charge is -2.17. The summed E-state index contributed by atoms with van der Waals surface area (Å²) in [7, 11) is 1.35. The van der Waals surface area contributed by atoms with Crippen molar-refractivity contribution in [2.24, 2.45) is 0 Å². The van der Waals surface area contributed by atoms with Crippen LogP contribution >= 0.6 is 0 Å². The van der Waals surface area contributed by atoms with Crippen LogP contribution in [0.2, 0.25) is 0 Å². The second-order valence-corrected chi connectivity index (χ2v) is 9.19. The molecule has 0 aliphatic rings. The SMILES string of the molecule is CCCc1c(OCCCOCc2cc(O)c(-c3cocn3)cc2CC)cccc1Oc1ccccc1C(=O)OC. The monoisotopic (exact) mass is 545 g/mol. The van der Waals surface area contributed by atoms with Crippen molar-refractivity contribution in [3.63, 3.8) is 0 Å². The third-order valence-electron chi connectivity index (χ3n) is 6.46. The van der Waals surface area contributed by atoms with Crippen molar-refractivity contribution in [3.8, 4) is 34.3 Å². The average molecular weight is 546 g/mol. The van der Waals surface area contributed by atoms with Crippen LogP contribution < -0.4 is 9.47 Å². The first kappa shape index (κ1) is 28.7. The third kappa shape index (κ3) is 7.01. The number of ether oxygens (including phenoxy) is 4. The Kier molecular flexibility index (Phi) is 10.2. The maximum atomic E-state index is 12.2. The number of aromatic hydroxyl groups is 1. The summed E-state index contributed by atoms with van der Waals surface area (Å²) in [6, 6.07) is 16.4. The molecule has 0 aliphatic carbocycles. The number of aromatic nitrogens is 1. The normalized spacial score (nSPS) is 10.9. The number of carbonyl (C=O) groups is 1. The molecule has 1 aromatic heterocycles. The molecule has 0 bridgehead atoms. The van der Waals surface area contributed by atoms with E-state index < -0.39 is 5.97 Å². The van der Waals surface area contributed by atoms with Gasteiger partial charge in [0, 0.05) is 17.5 Å². The fourth-order valence-electron chi connectivity index (χ4n) is 4.44. The standard InChI is InChI=1S/C32H35NO7/c1-4-10-24-29(13-8-14-30(24)40-31-12-7-6-11-25(31)32(35)36-3)39-16-9-15-37-19-23-18-28(34)26(17-22(23)5-2)27-20-38-21-33-27/h6-8,11-14,17-18,20-21,34H,4-5,9-10,15-16,19H2,1-3H3. The van der Waals surface area contributed by atoms with E-state index in [1.165, 1.54) is 19.8 Å². The Bertz CT molecular complexity index is 1400. The van der Waals surface area contributed by atoms with Gasteiger partial charge in [0.2, 0.25) is 0 Å². The Morgan fingerprint density at radius 3 is 2.52 bits per heavy atom. The highest BCUT2D eigenvalue weighted by Crippen LogP contribution is 2.35. The first-order valence-corrected chi connectivity index (χ1v) is 13.5. The van der Waals surface area contributed by atoms with Crippen molar-refractivity contribution in [2.75, 3.05) is 20.3 Å². The fraction of sp³-hybridized carbons (Fsp3) is 0.312. The molecule has 3 aromatic carbocycles. The van der Waals surface area contributed by atoms with Gasteiger partial charge in [-0.2, -0.15) is 0 Å². The number of hydrogen-bond donors (Lipinski definition) is 1. The fourth-order valence-corrected chi connectivity index (χ4v) is 4.44. The topological polar surface area (TPSA) is 100 Å². The van der Waals surface area contributed by atoms with E-state index in [1.807, 2.05) is 30.3 Å². The van der Waals surface area contributed by atoms with E-state index in [1.54, 1.807) is 24.3 Å². The number of esters is 1. The van der Waals surface area contributed by atoms with Crippen molar-refractivity contribution in [1.82, 2.24) is 4.98 Å². The molecule has 0 fully saturated rings. The second-order valence-electron chi connectivity index (χ2n) is 9.19. The molecule has 4 aromatic rings. The predicted octanol–water partition coefficient (Wildman–Crippen LogP) is 7.13. The minimum Gasteiger partial charge on any atom is -0.507 e. The number of benzene rings is 3. The molecule has 0 unspecified atom stereocenters. The summed E-state index contributed by atoms with van der Waals surface area (Å²) < 4.78 is 28.2. The van der Waals surface area contributed by atoms with Crippen molar-refractivity contribution in [3.05, 3.63) is 89.5 Å². The Labute approximate surface area is 234 Å². The lowest BCUT2D eigenvalue weighted by Crippen LogP contribution is -2.07. The first-order chi connectivity index (χ1) is 19.5. The lowest BCUT2D eigenvalue weighted by atomic mass is 10.00. The molecule has 0 radical (unpaired) electrons. The number of methoxy groups -OCH3 is 1. The van der Waals surface area contributed by atoms with Crippen LogP contribution in [-0.4, -0.2) is 36.4 Å². The second kappa shape index (κ2) is 14.2. The van der Waals surface area contributed by atoms with Crippen molar-refractivity contribution in [1.29, 1.82) is 0 Å². The Morgan fingerprint density at radius 2 is 1.77 bits per heavy atom. The smallest absolute Gasteiger partial charge is 0.341 e. The number of nitrogens with zero attached hydrogens (tertiary/aromatic N) is 1. The third-order valence-corrected chi connectivity index (χ3v) is 6.46. The zero-order valence-corrected chi connectivity index (χ0v) is 23.1. The average Bonchev–Trinajstić information content (AvgIpc) is 3.51. The van der Waals surface area contributed by atoms with Crippen LogP contribution in [0.25, 0.3) is 11.3 Å². The molecule has 0 amide bonds. The molecular formula is C32H35NO7. The van der Waals surface area contributed by atoms with Gasteiger partial charge in [-0.05, 0) is 60.4 Å². The van der Waals surface area contributed by atoms with Gasteiger partial charge < -0.3 is 28.5 Å². The van der Waals surface area contributed by atoms with Crippen LogP contribution in [0.1, 0.15) is 53.7 Å². The minimum atomic E-state index is -0.452. The highest BCUT2D eigenvalue weighted by molar-refractivity contribution is 5.92. The van der Waals surface area contributed by atoms with Crippen LogP contribution in [0.3, 0.4) is 0 Å². The molecule has 40 heavy (non-hydrogen) atoms. The summed E-state index contributed by atoms with van der Waals surface area (Å²) in [5, 5.41) is 10.5. The molecule has 210 valence electrons. The Balaban J connectivity index is 1.34. The Morgan fingerprint density at radius 1 is 0.975 bits per heavy atom. The highest BCUT2D eigenvalue weighted by Gasteiger charge is 2.17. The van der Waals surface area contributed by atoms with E-state index in [0.29, 0.717) is 54.6 Å². The zero-order valence-electron chi connectivity index (χ0n) is 23.1. The number of para-hydroxylation sites is 1. The van der Waals surface area contributed by atoms with Gasteiger partial charge >= 0.3 is 5.97 Å². The predicted molar refractivity (Wildman–Crippen MR) is 151 cm³/mol. The summed E-state index contributed by atoms with van der Waals surface area (Å²) in [6.07, 6.45) is 6.01. The number of carbonyl (C=O) groups excluding carboxylic acids is 1. The van der Waals surface area contributed by atoms with E-state index in [4.69, 9.17) is 23.4 Å². The molecule has 0 saturated heterocycles. The first-order valence-electron chi connectivity index (χ1n) is 13.5. The molecule has 1 N–H and O–H groups in total. The van der Waals surface area contributed by atoms with E-state index in [-0.39, 0.29) is 5.75 Å². The molecule has 0 saturated carbocycles.